The third kappa shape index (κ3) is 2.97. The van der Waals surface area contributed by atoms with Crippen LogP contribution < -0.4 is 4.90 Å². The fraction of sp³-hybridized carbons (Fsp3) is 0.0667. The number of benzene rings is 1. The number of amides is 1. The average molecular weight is 379 g/mol. The van der Waals surface area contributed by atoms with Crippen LogP contribution in [0.5, 0.6) is 0 Å². The lowest BCUT2D eigenvalue weighted by Crippen LogP contribution is -2.29. The highest BCUT2D eigenvalue weighted by Crippen LogP contribution is 2.29. The van der Waals surface area contributed by atoms with Crippen molar-refractivity contribution in [2.24, 2.45) is 4.99 Å². The van der Waals surface area contributed by atoms with Crippen LogP contribution in [0.15, 0.2) is 56.9 Å². The van der Waals surface area contributed by atoms with Gasteiger partial charge in [0.2, 0.25) is 0 Å². The SMILES string of the molecule is CSC1=N/C(=C/c2cc(Br)cs2)C(=O)N1c1ccccc1. The van der Waals surface area contributed by atoms with E-state index in [1.165, 1.54) is 11.8 Å². The Balaban J connectivity index is 1.98. The summed E-state index contributed by atoms with van der Waals surface area (Å²) in [7, 11) is 0. The number of rotatable bonds is 2. The van der Waals surface area contributed by atoms with Crippen LogP contribution in [-0.2, 0) is 4.79 Å². The van der Waals surface area contributed by atoms with Gasteiger partial charge >= 0.3 is 0 Å². The maximum Gasteiger partial charge on any atom is 0.283 e. The molecule has 1 aromatic carbocycles. The highest BCUT2D eigenvalue weighted by molar-refractivity contribution is 9.10. The Labute approximate surface area is 139 Å². The number of aliphatic imine (C=N–C) groups is 1. The van der Waals surface area contributed by atoms with Crippen LogP contribution in [0, 0.1) is 0 Å². The number of carbonyl (C=O) groups is 1. The second-order valence-electron chi connectivity index (χ2n) is 4.27. The van der Waals surface area contributed by atoms with Gasteiger partial charge in [0, 0.05) is 14.7 Å². The number of anilines is 1. The first kappa shape index (κ1) is 14.6. The average Bonchev–Trinajstić information content (AvgIpc) is 3.04. The molecule has 3 rings (SSSR count). The molecule has 1 aliphatic rings. The molecule has 1 amide bonds. The predicted octanol–water partition coefficient (Wildman–Crippen LogP) is 4.62. The standard InChI is InChI=1S/C15H11BrN2OS2/c1-20-15-17-13(8-12-7-10(16)9-21-12)14(19)18(15)11-5-3-2-4-6-11/h2-9H,1H3/b13-8+. The summed E-state index contributed by atoms with van der Waals surface area (Å²) in [6.07, 6.45) is 3.75. The van der Waals surface area contributed by atoms with Gasteiger partial charge in [0.05, 0.1) is 5.69 Å². The third-order valence-corrected chi connectivity index (χ3v) is 5.17. The normalized spacial score (nSPS) is 16.7. The first-order valence-electron chi connectivity index (χ1n) is 6.17. The largest absolute Gasteiger partial charge is 0.283 e. The molecule has 21 heavy (non-hydrogen) atoms. The molecule has 2 heterocycles. The minimum atomic E-state index is -0.0879. The number of thiophene rings is 1. The van der Waals surface area contributed by atoms with E-state index >= 15 is 0 Å². The van der Waals surface area contributed by atoms with Crippen LogP contribution in [0.25, 0.3) is 6.08 Å². The fourth-order valence-electron chi connectivity index (χ4n) is 1.98. The van der Waals surface area contributed by atoms with Crippen LogP contribution in [0.3, 0.4) is 0 Å². The van der Waals surface area contributed by atoms with Gasteiger partial charge in [-0.15, -0.1) is 11.3 Å². The minimum Gasteiger partial charge on any atom is -0.266 e. The number of hydrogen-bond acceptors (Lipinski definition) is 4. The topological polar surface area (TPSA) is 32.7 Å². The van der Waals surface area contributed by atoms with E-state index in [0.717, 1.165) is 15.0 Å². The van der Waals surface area contributed by atoms with Crippen molar-refractivity contribution in [1.82, 2.24) is 0 Å². The Kier molecular flexibility index (Phi) is 4.28. The Hall–Kier alpha value is -1.37. The number of nitrogens with zero attached hydrogens (tertiary/aromatic N) is 2. The Bertz CT molecular complexity index is 737. The lowest BCUT2D eigenvalue weighted by molar-refractivity contribution is -0.113. The summed E-state index contributed by atoms with van der Waals surface area (Å²) in [6, 6.07) is 11.6. The van der Waals surface area contributed by atoms with Crippen molar-refractivity contribution >= 4 is 61.9 Å². The van der Waals surface area contributed by atoms with E-state index in [-0.39, 0.29) is 5.91 Å². The number of para-hydroxylation sites is 1. The van der Waals surface area contributed by atoms with Crippen molar-refractivity contribution < 1.29 is 4.79 Å². The molecule has 0 spiro atoms. The molecule has 2 aromatic rings. The van der Waals surface area contributed by atoms with Crippen molar-refractivity contribution in [3.05, 3.63) is 56.8 Å². The summed E-state index contributed by atoms with van der Waals surface area (Å²) in [4.78, 5) is 19.7. The summed E-state index contributed by atoms with van der Waals surface area (Å²) in [5.74, 6) is -0.0879. The number of hydrogen-bond donors (Lipinski definition) is 0. The van der Waals surface area contributed by atoms with E-state index in [1.807, 2.05) is 54.1 Å². The second-order valence-corrected chi connectivity index (χ2v) is 6.90. The van der Waals surface area contributed by atoms with Crippen molar-refractivity contribution in [1.29, 1.82) is 0 Å². The minimum absolute atomic E-state index is 0.0879. The molecular formula is C15H11BrN2OS2. The van der Waals surface area contributed by atoms with E-state index in [9.17, 15) is 4.79 Å². The molecule has 0 saturated carbocycles. The van der Waals surface area contributed by atoms with Gasteiger partial charge in [-0.1, -0.05) is 30.0 Å². The molecule has 0 saturated heterocycles. The van der Waals surface area contributed by atoms with Crippen LogP contribution >= 0.6 is 39.0 Å². The zero-order chi connectivity index (χ0) is 14.8. The first-order valence-corrected chi connectivity index (χ1v) is 9.06. The number of thioether (sulfide) groups is 1. The summed E-state index contributed by atoms with van der Waals surface area (Å²) in [5, 5.41) is 2.69. The molecule has 6 heteroatoms. The van der Waals surface area contributed by atoms with E-state index < -0.39 is 0 Å². The summed E-state index contributed by atoms with van der Waals surface area (Å²) in [5.41, 5.74) is 1.31. The Morgan fingerprint density at radius 1 is 1.33 bits per heavy atom. The zero-order valence-corrected chi connectivity index (χ0v) is 14.3. The van der Waals surface area contributed by atoms with Crippen LogP contribution in [-0.4, -0.2) is 17.3 Å². The van der Waals surface area contributed by atoms with Crippen LogP contribution in [0.2, 0.25) is 0 Å². The molecule has 106 valence electrons. The lowest BCUT2D eigenvalue weighted by atomic mass is 10.3. The summed E-state index contributed by atoms with van der Waals surface area (Å²) < 4.78 is 1.01. The Morgan fingerprint density at radius 3 is 2.71 bits per heavy atom. The highest BCUT2D eigenvalue weighted by Gasteiger charge is 2.31. The molecule has 0 atom stereocenters. The van der Waals surface area contributed by atoms with Crippen molar-refractivity contribution in [2.45, 2.75) is 0 Å². The maximum atomic E-state index is 12.6. The molecular weight excluding hydrogens is 368 g/mol. The Morgan fingerprint density at radius 2 is 2.10 bits per heavy atom. The van der Waals surface area contributed by atoms with Gasteiger partial charge < -0.3 is 0 Å². The monoisotopic (exact) mass is 378 g/mol. The third-order valence-electron chi connectivity index (χ3n) is 2.89. The highest BCUT2D eigenvalue weighted by atomic mass is 79.9. The van der Waals surface area contributed by atoms with E-state index in [2.05, 4.69) is 20.9 Å². The molecule has 1 aromatic heterocycles. The van der Waals surface area contributed by atoms with Crippen LogP contribution in [0.1, 0.15) is 4.88 Å². The van der Waals surface area contributed by atoms with Gasteiger partial charge in [-0.2, -0.15) is 0 Å². The maximum absolute atomic E-state index is 12.6. The van der Waals surface area contributed by atoms with Crippen molar-refractivity contribution in [3.63, 3.8) is 0 Å². The van der Waals surface area contributed by atoms with E-state index in [0.29, 0.717) is 10.9 Å². The van der Waals surface area contributed by atoms with E-state index in [4.69, 9.17) is 0 Å². The molecule has 0 bridgehead atoms. The molecule has 1 aliphatic heterocycles. The van der Waals surface area contributed by atoms with Gasteiger partial charge in [0.1, 0.15) is 5.70 Å². The number of carbonyl (C=O) groups excluding carboxylic acids is 1. The van der Waals surface area contributed by atoms with Gasteiger partial charge in [-0.25, -0.2) is 4.99 Å². The second kappa shape index (κ2) is 6.17. The van der Waals surface area contributed by atoms with Gasteiger partial charge in [0.15, 0.2) is 5.17 Å². The molecule has 3 nitrogen and oxygen atoms in total. The van der Waals surface area contributed by atoms with Crippen LogP contribution in [0.4, 0.5) is 5.69 Å². The fourth-order valence-corrected chi connectivity index (χ4v) is 3.91. The summed E-state index contributed by atoms with van der Waals surface area (Å²) in [6.45, 7) is 0. The van der Waals surface area contributed by atoms with Gasteiger partial charge in [-0.3, -0.25) is 9.69 Å². The first-order chi connectivity index (χ1) is 10.2. The smallest absolute Gasteiger partial charge is 0.266 e. The number of halogens is 1. The van der Waals surface area contributed by atoms with E-state index in [1.54, 1.807) is 16.2 Å². The van der Waals surface area contributed by atoms with Gasteiger partial charge in [-0.05, 0) is 46.5 Å². The quantitative estimate of drug-likeness (QED) is 0.714. The molecule has 0 N–H and O–H groups in total. The lowest BCUT2D eigenvalue weighted by Gasteiger charge is -2.16. The molecule has 0 fully saturated rings. The van der Waals surface area contributed by atoms with Crippen molar-refractivity contribution in [3.8, 4) is 0 Å². The van der Waals surface area contributed by atoms with Gasteiger partial charge in [0.25, 0.3) is 5.91 Å². The summed E-state index contributed by atoms with van der Waals surface area (Å²) >= 11 is 6.46. The predicted molar refractivity (Wildman–Crippen MR) is 94.9 cm³/mol. The number of amidine groups is 1. The molecule has 0 radical (unpaired) electrons. The molecule has 0 unspecified atom stereocenters. The zero-order valence-electron chi connectivity index (χ0n) is 11.1. The molecule has 0 aliphatic carbocycles. The van der Waals surface area contributed by atoms with Crippen molar-refractivity contribution in [2.75, 3.05) is 11.2 Å².